The van der Waals surface area contributed by atoms with E-state index in [9.17, 15) is 14.4 Å². The fourth-order valence-electron chi connectivity index (χ4n) is 8.49. The second kappa shape index (κ2) is 15.7. The zero-order valence-electron chi connectivity index (χ0n) is 34.0. The predicted octanol–water partition coefficient (Wildman–Crippen LogP) is 7.88. The number of hydrogen-bond acceptors (Lipinski definition) is 9. The maximum atomic E-state index is 14.0. The lowest BCUT2D eigenvalue weighted by molar-refractivity contribution is -0.153. The molecule has 3 fully saturated rings. The van der Waals surface area contributed by atoms with Crippen LogP contribution in [0.1, 0.15) is 77.7 Å². The highest BCUT2D eigenvalue weighted by Gasteiger charge is 2.53. The first kappa shape index (κ1) is 39.3. The van der Waals surface area contributed by atoms with Crippen LogP contribution < -0.4 is 5.32 Å². The van der Waals surface area contributed by atoms with Crippen LogP contribution in [0.25, 0.3) is 38.7 Å². The van der Waals surface area contributed by atoms with E-state index in [-0.39, 0.29) is 36.5 Å². The second-order valence-electron chi connectivity index (χ2n) is 17.0. The molecular weight excluding hydrogens is 737 g/mol. The Morgan fingerprint density at radius 2 is 1.59 bits per heavy atom. The molecule has 3 atom stereocenters. The Balaban J connectivity index is 0.937. The number of carbonyl (C=O) groups is 3. The molecule has 0 unspecified atom stereocenters. The van der Waals surface area contributed by atoms with Crippen LogP contribution in [-0.2, 0) is 23.7 Å². The minimum absolute atomic E-state index is 0.138. The highest BCUT2D eigenvalue weighted by atomic mass is 16.7. The number of allylic oxidation sites excluding steroid dienone is 1. The number of aromatic amines is 1. The Morgan fingerprint density at radius 3 is 2.28 bits per heavy atom. The third-order valence-electron chi connectivity index (χ3n) is 11.5. The van der Waals surface area contributed by atoms with Crippen LogP contribution in [0.15, 0.2) is 78.1 Å². The number of hydrogen-bond donors (Lipinski definition) is 2. The van der Waals surface area contributed by atoms with Gasteiger partial charge in [0.2, 0.25) is 5.91 Å². The van der Waals surface area contributed by atoms with Crippen LogP contribution in [0.2, 0.25) is 0 Å². The average molecular weight is 789 g/mol. The van der Waals surface area contributed by atoms with Crippen molar-refractivity contribution in [2.24, 2.45) is 10.9 Å². The highest BCUT2D eigenvalue weighted by molar-refractivity contribution is 6.04. The van der Waals surface area contributed by atoms with E-state index in [0.29, 0.717) is 32.6 Å². The van der Waals surface area contributed by atoms with Gasteiger partial charge in [-0.25, -0.2) is 14.6 Å². The summed E-state index contributed by atoms with van der Waals surface area (Å²) in [4.78, 5) is 55.6. The van der Waals surface area contributed by atoms with Gasteiger partial charge in [0.1, 0.15) is 17.5 Å². The maximum absolute atomic E-state index is 14.0. The fraction of sp³-hybridized carbons (Fsp3) is 0.444. The summed E-state index contributed by atoms with van der Waals surface area (Å²) < 4.78 is 22.6. The quantitative estimate of drug-likeness (QED) is 0.183. The van der Waals surface area contributed by atoms with Gasteiger partial charge < -0.3 is 34.1 Å². The number of alkyl carbamates (subject to hydrolysis) is 1. The molecule has 3 aromatic carbocycles. The molecule has 13 heteroatoms. The molecule has 58 heavy (non-hydrogen) atoms. The number of nitrogens with one attached hydrogen (secondary N) is 2. The van der Waals surface area contributed by atoms with Gasteiger partial charge in [0.25, 0.3) is 0 Å². The van der Waals surface area contributed by atoms with Crippen LogP contribution >= 0.6 is 0 Å². The van der Waals surface area contributed by atoms with Crippen molar-refractivity contribution < 1.29 is 33.3 Å². The van der Waals surface area contributed by atoms with Gasteiger partial charge in [0.15, 0.2) is 5.79 Å². The van der Waals surface area contributed by atoms with Crippen LogP contribution in [-0.4, -0.2) is 100 Å². The number of benzene rings is 3. The molecule has 2 N–H and O–H groups in total. The minimum Gasteiger partial charge on any atom is -0.453 e. The van der Waals surface area contributed by atoms with E-state index < -0.39 is 23.5 Å². The van der Waals surface area contributed by atoms with Gasteiger partial charge >= 0.3 is 12.2 Å². The molecule has 0 aliphatic carbocycles. The summed E-state index contributed by atoms with van der Waals surface area (Å²) in [6, 6.07) is 20.1. The summed E-state index contributed by atoms with van der Waals surface area (Å²) >= 11 is 0. The Kier molecular flexibility index (Phi) is 10.6. The summed E-state index contributed by atoms with van der Waals surface area (Å²) in [6.45, 7) is 11.3. The normalized spacial score (nSPS) is 20.8. The molecule has 8 rings (SSSR count). The third kappa shape index (κ3) is 7.97. The molecule has 4 aliphatic heterocycles. The number of nitrogens with zero attached hydrogens (tertiary/aromatic N) is 4. The number of amides is 3. The van der Waals surface area contributed by atoms with Crippen LogP contribution in [0.5, 0.6) is 0 Å². The van der Waals surface area contributed by atoms with Gasteiger partial charge in [0, 0.05) is 36.9 Å². The second-order valence-corrected chi connectivity index (χ2v) is 17.0. The number of aliphatic imine (C=N–C) groups is 1. The number of H-pyrrole nitrogens is 1. The van der Waals surface area contributed by atoms with Crippen molar-refractivity contribution in [3.05, 3.63) is 84.4 Å². The molecule has 0 radical (unpaired) electrons. The number of ether oxygens (including phenoxy) is 4. The first-order valence-electron chi connectivity index (χ1n) is 20.2. The van der Waals surface area contributed by atoms with E-state index in [0.717, 1.165) is 68.7 Å². The lowest BCUT2D eigenvalue weighted by atomic mass is 9.95. The van der Waals surface area contributed by atoms with Gasteiger partial charge in [-0.15, -0.1) is 0 Å². The predicted molar refractivity (Wildman–Crippen MR) is 221 cm³/mol. The van der Waals surface area contributed by atoms with Crippen molar-refractivity contribution in [2.75, 3.05) is 33.4 Å². The van der Waals surface area contributed by atoms with E-state index >= 15 is 0 Å². The van der Waals surface area contributed by atoms with Gasteiger partial charge in [-0.2, -0.15) is 0 Å². The van der Waals surface area contributed by atoms with Crippen molar-refractivity contribution >= 4 is 40.2 Å². The molecule has 0 saturated carbocycles. The Morgan fingerprint density at radius 1 is 0.914 bits per heavy atom. The summed E-state index contributed by atoms with van der Waals surface area (Å²) in [7, 11) is 1.29. The number of imidazole rings is 1. The van der Waals surface area contributed by atoms with E-state index in [4.69, 9.17) is 23.9 Å². The monoisotopic (exact) mass is 788 g/mol. The van der Waals surface area contributed by atoms with Crippen molar-refractivity contribution in [2.45, 2.75) is 89.8 Å². The lowest BCUT2D eigenvalue weighted by Gasteiger charge is -2.31. The SMILES string of the molecule is COC(=O)N[C@H](C(=O)N1CC2(C[C@H]1C1=NC=C(c3ccc(-c4ccc5cc(-c6cnc([C@@H]7CCCN7C(=O)OC(C)(C)C)[nH]6)ccc5c4)cc3)C1)OCCO2)C(C)C. The summed E-state index contributed by atoms with van der Waals surface area (Å²) in [5.74, 6) is -0.482. The fourth-order valence-corrected chi connectivity index (χ4v) is 8.49. The standard InChI is InChI=1S/C45H52N6O7/c1-27(2)39(49-42(53)55-6)41(52)51-26-45(56-18-19-57-45)23-38(51)35-22-34(24-46-35)29-11-9-28(10-12-29)30-13-14-32-21-33(16-15-31(32)20-30)36-25-47-40(48-36)37-8-7-17-50(37)43(54)58-44(3,4)5/h9-16,20-21,24-25,27,37-39H,7-8,17-19,22-23,26H2,1-6H3,(H,47,48)(H,49,53)/t37-,38-,39-/m0/s1. The van der Waals surface area contributed by atoms with E-state index in [2.05, 4.69) is 75.9 Å². The zero-order valence-corrected chi connectivity index (χ0v) is 34.0. The van der Waals surface area contributed by atoms with Gasteiger partial charge in [-0.1, -0.05) is 62.4 Å². The van der Waals surface area contributed by atoms with E-state index in [1.165, 1.54) is 7.11 Å². The van der Waals surface area contributed by atoms with Crippen molar-refractivity contribution in [3.63, 3.8) is 0 Å². The molecule has 3 amide bonds. The van der Waals surface area contributed by atoms with Crippen LogP contribution in [0.3, 0.4) is 0 Å². The molecule has 304 valence electrons. The molecule has 1 spiro atoms. The Labute approximate surface area is 338 Å². The third-order valence-corrected chi connectivity index (χ3v) is 11.5. The number of rotatable bonds is 8. The first-order valence-corrected chi connectivity index (χ1v) is 20.2. The Bertz CT molecular complexity index is 2270. The van der Waals surface area contributed by atoms with Crippen molar-refractivity contribution in [1.82, 2.24) is 25.1 Å². The molecular formula is C45H52N6O7. The Hall–Kier alpha value is -5.53. The molecule has 4 aliphatic rings. The topological polar surface area (TPSA) is 148 Å². The van der Waals surface area contributed by atoms with Crippen molar-refractivity contribution in [3.8, 4) is 22.4 Å². The molecule has 4 aromatic rings. The summed E-state index contributed by atoms with van der Waals surface area (Å²) in [6.07, 6.45) is 5.58. The molecule has 5 heterocycles. The highest BCUT2D eigenvalue weighted by Crippen LogP contribution is 2.40. The van der Waals surface area contributed by atoms with Crippen molar-refractivity contribution in [1.29, 1.82) is 0 Å². The molecule has 0 bridgehead atoms. The number of likely N-dealkylation sites (tertiary alicyclic amines) is 2. The molecule has 3 saturated heterocycles. The summed E-state index contributed by atoms with van der Waals surface area (Å²) in [5.41, 5.74) is 6.58. The number of aromatic nitrogens is 2. The number of carbonyl (C=O) groups excluding carboxylic acids is 3. The molecule has 13 nitrogen and oxygen atoms in total. The van der Waals surface area contributed by atoms with Gasteiger partial charge in [0.05, 0.1) is 50.8 Å². The van der Waals surface area contributed by atoms with E-state index in [1.807, 2.05) is 47.0 Å². The molecule has 1 aromatic heterocycles. The van der Waals surface area contributed by atoms with Gasteiger partial charge in [-0.05, 0) is 84.7 Å². The van der Waals surface area contributed by atoms with Crippen LogP contribution in [0, 0.1) is 5.92 Å². The largest absolute Gasteiger partial charge is 0.453 e. The van der Waals surface area contributed by atoms with Crippen LogP contribution in [0.4, 0.5) is 9.59 Å². The number of methoxy groups -OCH3 is 1. The lowest BCUT2D eigenvalue weighted by Crippen LogP contribution is -2.54. The number of fused-ring (bicyclic) bond motifs is 1. The summed E-state index contributed by atoms with van der Waals surface area (Å²) in [5, 5.41) is 4.96. The van der Waals surface area contributed by atoms with Gasteiger partial charge in [-0.3, -0.25) is 14.7 Å². The first-order chi connectivity index (χ1) is 27.8. The minimum atomic E-state index is -0.883. The smallest absolute Gasteiger partial charge is 0.410 e. The maximum Gasteiger partial charge on any atom is 0.410 e. The van der Waals surface area contributed by atoms with E-state index in [1.54, 1.807) is 9.80 Å². The zero-order chi connectivity index (χ0) is 40.8. The average Bonchev–Trinajstić information content (AvgIpc) is 4.06.